The molecule has 3 heteroatoms. The van der Waals surface area contributed by atoms with Crippen LogP contribution in [0.5, 0.6) is 0 Å². The van der Waals surface area contributed by atoms with Gasteiger partial charge in [0.05, 0.1) is 0 Å². The Labute approximate surface area is 101 Å². The van der Waals surface area contributed by atoms with Crippen molar-refractivity contribution in [3.05, 3.63) is 0 Å². The molecule has 1 heterocycles. The molecule has 96 valence electrons. The van der Waals surface area contributed by atoms with Crippen molar-refractivity contribution in [3.63, 3.8) is 0 Å². The quantitative estimate of drug-likeness (QED) is 0.713. The maximum atomic E-state index is 5.54. The summed E-state index contributed by atoms with van der Waals surface area (Å²) >= 11 is 0. The number of hydrogen-bond donors (Lipinski definition) is 1. The minimum atomic E-state index is 0.827. The molecule has 0 aromatic rings. The van der Waals surface area contributed by atoms with E-state index < -0.39 is 0 Å². The number of rotatable bonds is 7. The van der Waals surface area contributed by atoms with E-state index in [0.717, 1.165) is 18.9 Å². The van der Waals surface area contributed by atoms with Crippen LogP contribution in [0.1, 0.15) is 33.1 Å². The largest absolute Gasteiger partial charge is 0.330 e. The van der Waals surface area contributed by atoms with Gasteiger partial charge in [0, 0.05) is 32.7 Å². The predicted molar refractivity (Wildman–Crippen MR) is 70.6 cm³/mol. The van der Waals surface area contributed by atoms with E-state index in [-0.39, 0.29) is 0 Å². The second-order valence-corrected chi connectivity index (χ2v) is 5.18. The lowest BCUT2D eigenvalue weighted by Crippen LogP contribution is -2.47. The summed E-state index contributed by atoms with van der Waals surface area (Å²) in [5.41, 5.74) is 5.54. The summed E-state index contributed by atoms with van der Waals surface area (Å²) in [6.45, 7) is 12.9. The monoisotopic (exact) mass is 227 g/mol. The first kappa shape index (κ1) is 13.9. The molecule has 1 fully saturated rings. The molecule has 1 aliphatic rings. The van der Waals surface area contributed by atoms with Crippen molar-refractivity contribution in [1.29, 1.82) is 0 Å². The van der Waals surface area contributed by atoms with Gasteiger partial charge in [-0.05, 0) is 31.8 Å². The number of nitrogens with two attached hydrogens (primary N) is 1. The summed E-state index contributed by atoms with van der Waals surface area (Å²) in [7, 11) is 0. The van der Waals surface area contributed by atoms with Crippen LogP contribution in [0.4, 0.5) is 0 Å². The second kappa shape index (κ2) is 8.04. The van der Waals surface area contributed by atoms with Gasteiger partial charge in [-0.1, -0.05) is 20.3 Å². The molecule has 1 rings (SSSR count). The summed E-state index contributed by atoms with van der Waals surface area (Å²) in [6, 6.07) is 0. The molecular formula is C13H29N3. The van der Waals surface area contributed by atoms with Gasteiger partial charge in [-0.3, -0.25) is 0 Å². The van der Waals surface area contributed by atoms with Crippen molar-refractivity contribution in [3.8, 4) is 0 Å². The van der Waals surface area contributed by atoms with E-state index in [0.29, 0.717) is 0 Å². The highest BCUT2D eigenvalue weighted by Gasteiger charge is 2.17. The van der Waals surface area contributed by atoms with Crippen LogP contribution in [0.2, 0.25) is 0 Å². The van der Waals surface area contributed by atoms with E-state index in [1.165, 1.54) is 52.1 Å². The van der Waals surface area contributed by atoms with Gasteiger partial charge in [0.2, 0.25) is 0 Å². The smallest absolute Gasteiger partial charge is 0.0110 e. The Balaban J connectivity index is 2.11. The zero-order chi connectivity index (χ0) is 11.8. The Morgan fingerprint density at radius 2 is 1.75 bits per heavy atom. The molecule has 1 unspecified atom stereocenters. The van der Waals surface area contributed by atoms with Crippen molar-refractivity contribution in [2.75, 3.05) is 45.8 Å². The third-order valence-electron chi connectivity index (χ3n) is 3.49. The fraction of sp³-hybridized carbons (Fsp3) is 1.00. The zero-order valence-electron chi connectivity index (χ0n) is 11.1. The molecule has 0 bridgehead atoms. The molecule has 3 nitrogen and oxygen atoms in total. The summed E-state index contributed by atoms with van der Waals surface area (Å²) in [6.07, 6.45) is 3.83. The van der Waals surface area contributed by atoms with Crippen molar-refractivity contribution >= 4 is 0 Å². The van der Waals surface area contributed by atoms with Gasteiger partial charge < -0.3 is 15.5 Å². The van der Waals surface area contributed by atoms with Crippen molar-refractivity contribution in [2.24, 2.45) is 11.7 Å². The van der Waals surface area contributed by atoms with E-state index in [9.17, 15) is 0 Å². The van der Waals surface area contributed by atoms with Crippen molar-refractivity contribution in [2.45, 2.75) is 33.1 Å². The number of piperazine rings is 1. The third kappa shape index (κ3) is 5.28. The summed E-state index contributed by atoms with van der Waals surface area (Å²) in [5, 5.41) is 0. The lowest BCUT2D eigenvalue weighted by molar-refractivity contribution is 0.118. The fourth-order valence-electron chi connectivity index (χ4n) is 2.54. The van der Waals surface area contributed by atoms with E-state index >= 15 is 0 Å². The second-order valence-electron chi connectivity index (χ2n) is 5.18. The Hall–Kier alpha value is -0.120. The first-order valence-electron chi connectivity index (χ1n) is 6.91. The highest BCUT2D eigenvalue weighted by molar-refractivity contribution is 4.73. The molecule has 0 radical (unpaired) electrons. The molecule has 0 aromatic heterocycles. The lowest BCUT2D eigenvalue weighted by atomic mass is 10.1. The first-order chi connectivity index (χ1) is 7.76. The number of hydrogen-bond acceptors (Lipinski definition) is 3. The van der Waals surface area contributed by atoms with Crippen LogP contribution in [-0.2, 0) is 0 Å². The van der Waals surface area contributed by atoms with Crippen LogP contribution in [-0.4, -0.2) is 55.6 Å². The Morgan fingerprint density at radius 1 is 1.12 bits per heavy atom. The van der Waals surface area contributed by atoms with Crippen LogP contribution in [0.25, 0.3) is 0 Å². The molecule has 1 saturated heterocycles. The lowest BCUT2D eigenvalue weighted by Gasteiger charge is -2.35. The molecule has 0 spiro atoms. The van der Waals surface area contributed by atoms with Crippen LogP contribution >= 0.6 is 0 Å². The van der Waals surface area contributed by atoms with Crippen LogP contribution in [0, 0.1) is 5.92 Å². The molecule has 2 N–H and O–H groups in total. The number of nitrogens with zero attached hydrogens (tertiary/aromatic N) is 2. The van der Waals surface area contributed by atoms with Crippen LogP contribution < -0.4 is 5.73 Å². The third-order valence-corrected chi connectivity index (χ3v) is 3.49. The van der Waals surface area contributed by atoms with E-state index in [1.807, 2.05) is 0 Å². The predicted octanol–water partition coefficient (Wildman–Crippen LogP) is 1.39. The maximum Gasteiger partial charge on any atom is 0.0110 e. The summed E-state index contributed by atoms with van der Waals surface area (Å²) in [4.78, 5) is 5.17. The molecular weight excluding hydrogens is 198 g/mol. The van der Waals surface area contributed by atoms with Gasteiger partial charge in [-0.15, -0.1) is 0 Å². The normalized spacial score (nSPS) is 21.2. The molecule has 16 heavy (non-hydrogen) atoms. The summed E-state index contributed by atoms with van der Waals surface area (Å²) in [5.74, 6) is 0.862. The van der Waals surface area contributed by atoms with Crippen LogP contribution in [0.3, 0.4) is 0 Å². The Kier molecular flexibility index (Phi) is 7.01. The standard InChI is InChI=1S/C13H29N3/c1-3-5-13(2)12-16-10-8-15(9-11-16)7-4-6-14/h13H,3-12,14H2,1-2H3. The fourth-order valence-corrected chi connectivity index (χ4v) is 2.54. The van der Waals surface area contributed by atoms with Gasteiger partial charge in [-0.25, -0.2) is 0 Å². The Bertz CT molecular complexity index is 165. The minimum Gasteiger partial charge on any atom is -0.330 e. The summed E-state index contributed by atoms with van der Waals surface area (Å²) < 4.78 is 0. The van der Waals surface area contributed by atoms with Gasteiger partial charge in [0.1, 0.15) is 0 Å². The van der Waals surface area contributed by atoms with E-state index in [1.54, 1.807) is 0 Å². The van der Waals surface area contributed by atoms with Gasteiger partial charge >= 0.3 is 0 Å². The minimum absolute atomic E-state index is 0.827. The van der Waals surface area contributed by atoms with E-state index in [4.69, 9.17) is 5.73 Å². The first-order valence-corrected chi connectivity index (χ1v) is 6.91. The average Bonchev–Trinajstić information content (AvgIpc) is 2.28. The highest BCUT2D eigenvalue weighted by atomic mass is 15.3. The van der Waals surface area contributed by atoms with Crippen molar-refractivity contribution < 1.29 is 0 Å². The van der Waals surface area contributed by atoms with Crippen LogP contribution in [0.15, 0.2) is 0 Å². The topological polar surface area (TPSA) is 32.5 Å². The average molecular weight is 227 g/mol. The molecule has 0 amide bonds. The molecule has 1 aliphatic heterocycles. The maximum absolute atomic E-state index is 5.54. The zero-order valence-corrected chi connectivity index (χ0v) is 11.1. The Morgan fingerprint density at radius 3 is 2.31 bits per heavy atom. The van der Waals surface area contributed by atoms with Gasteiger partial charge in [0.25, 0.3) is 0 Å². The molecule has 0 aliphatic carbocycles. The van der Waals surface area contributed by atoms with Gasteiger partial charge in [-0.2, -0.15) is 0 Å². The highest BCUT2D eigenvalue weighted by Crippen LogP contribution is 2.10. The molecule has 0 aromatic carbocycles. The van der Waals surface area contributed by atoms with E-state index in [2.05, 4.69) is 23.6 Å². The van der Waals surface area contributed by atoms with Crippen molar-refractivity contribution in [1.82, 2.24) is 9.80 Å². The molecule has 0 saturated carbocycles. The molecule has 1 atom stereocenters. The van der Waals surface area contributed by atoms with Gasteiger partial charge in [0.15, 0.2) is 0 Å². The SMILES string of the molecule is CCCC(C)CN1CCN(CCCN)CC1.